The number of piperidine rings is 1. The summed E-state index contributed by atoms with van der Waals surface area (Å²) in [5, 5.41) is 6.40. The fraction of sp³-hybridized carbons (Fsp3) is 0.941. The lowest BCUT2D eigenvalue weighted by Crippen LogP contribution is -2.51. The first-order chi connectivity index (χ1) is 13.7. The molecule has 1 unspecified atom stereocenters. The van der Waals surface area contributed by atoms with E-state index in [0.717, 1.165) is 25.9 Å². The van der Waals surface area contributed by atoms with Crippen molar-refractivity contribution in [3.8, 4) is 0 Å². The number of hydrogen-bond acceptors (Lipinski definition) is 5. The first kappa shape index (κ1) is 27.7. The maximum absolute atomic E-state index is 12.7. The van der Waals surface area contributed by atoms with Gasteiger partial charge in [-0.3, -0.25) is 9.89 Å². The minimum Gasteiger partial charge on any atom is -0.383 e. The SMILES string of the molecule is CCNC(=NCC1CCCN1CCOC)NC1CCN(S(=O)(=O)C(F)(F)F)CC1.I. The van der Waals surface area contributed by atoms with E-state index >= 15 is 0 Å². The van der Waals surface area contributed by atoms with E-state index in [1.54, 1.807) is 7.11 Å². The van der Waals surface area contributed by atoms with Gasteiger partial charge in [0.1, 0.15) is 0 Å². The lowest BCUT2D eigenvalue weighted by Gasteiger charge is -2.32. The number of alkyl halides is 3. The van der Waals surface area contributed by atoms with Gasteiger partial charge < -0.3 is 15.4 Å². The number of nitrogens with one attached hydrogen (secondary N) is 2. The van der Waals surface area contributed by atoms with Crippen LogP contribution in [0.25, 0.3) is 0 Å². The molecule has 2 heterocycles. The third kappa shape index (κ3) is 7.64. The molecule has 2 aliphatic heterocycles. The smallest absolute Gasteiger partial charge is 0.383 e. The third-order valence-corrected chi connectivity index (χ3v) is 6.94. The Balaban J connectivity index is 0.00000450. The Bertz CT molecular complexity index is 643. The highest BCUT2D eigenvalue weighted by molar-refractivity contribution is 14.0. The van der Waals surface area contributed by atoms with Crippen molar-refractivity contribution in [2.45, 2.75) is 50.2 Å². The molecule has 2 fully saturated rings. The van der Waals surface area contributed by atoms with E-state index in [4.69, 9.17) is 4.74 Å². The third-order valence-electron chi connectivity index (χ3n) is 5.31. The molecular formula is C17H33F3IN5O3S. The predicted octanol–water partition coefficient (Wildman–Crippen LogP) is 1.58. The van der Waals surface area contributed by atoms with Gasteiger partial charge in [-0.15, -0.1) is 24.0 Å². The lowest BCUT2D eigenvalue weighted by molar-refractivity contribution is -0.0494. The first-order valence-electron chi connectivity index (χ1n) is 10.0. The van der Waals surface area contributed by atoms with Crippen molar-refractivity contribution in [2.24, 2.45) is 4.99 Å². The van der Waals surface area contributed by atoms with Crippen molar-refractivity contribution < 1.29 is 26.3 Å². The van der Waals surface area contributed by atoms with E-state index in [0.29, 0.717) is 48.8 Å². The van der Waals surface area contributed by atoms with Gasteiger partial charge in [0.2, 0.25) is 0 Å². The highest BCUT2D eigenvalue weighted by Crippen LogP contribution is 2.29. The molecule has 0 aliphatic carbocycles. The zero-order valence-electron chi connectivity index (χ0n) is 17.4. The summed E-state index contributed by atoms with van der Waals surface area (Å²) in [5.74, 6) is 0.614. The summed E-state index contributed by atoms with van der Waals surface area (Å²) in [6.45, 7) is 5.48. The Morgan fingerprint density at radius 3 is 2.43 bits per heavy atom. The average molecular weight is 571 g/mol. The molecule has 8 nitrogen and oxygen atoms in total. The van der Waals surface area contributed by atoms with Gasteiger partial charge in [-0.1, -0.05) is 0 Å². The number of aliphatic imine (C=N–C) groups is 1. The van der Waals surface area contributed by atoms with Crippen LogP contribution in [-0.2, 0) is 14.8 Å². The van der Waals surface area contributed by atoms with Crippen molar-refractivity contribution in [3.63, 3.8) is 0 Å². The van der Waals surface area contributed by atoms with Gasteiger partial charge in [0.05, 0.1) is 13.2 Å². The van der Waals surface area contributed by atoms with Gasteiger partial charge in [-0.25, -0.2) is 8.42 Å². The molecule has 0 spiro atoms. The molecule has 2 rings (SSSR count). The minimum absolute atomic E-state index is 0. The molecule has 0 radical (unpaired) electrons. The molecule has 0 saturated carbocycles. The lowest BCUT2D eigenvalue weighted by atomic mass is 10.1. The van der Waals surface area contributed by atoms with Crippen LogP contribution in [0.2, 0.25) is 0 Å². The summed E-state index contributed by atoms with van der Waals surface area (Å²) in [4.78, 5) is 7.01. The van der Waals surface area contributed by atoms with Crippen molar-refractivity contribution in [1.82, 2.24) is 19.8 Å². The topological polar surface area (TPSA) is 86.3 Å². The Kier molecular flexibility index (Phi) is 11.6. The molecule has 2 aliphatic rings. The molecular weight excluding hydrogens is 538 g/mol. The average Bonchev–Trinajstić information content (AvgIpc) is 3.11. The molecule has 178 valence electrons. The monoisotopic (exact) mass is 571 g/mol. The molecule has 2 saturated heterocycles. The largest absolute Gasteiger partial charge is 0.511 e. The van der Waals surface area contributed by atoms with E-state index in [-0.39, 0.29) is 43.1 Å². The summed E-state index contributed by atoms with van der Waals surface area (Å²) in [7, 11) is -3.57. The molecule has 0 aromatic rings. The number of guanidine groups is 1. The van der Waals surface area contributed by atoms with Crippen LogP contribution in [0, 0.1) is 0 Å². The van der Waals surface area contributed by atoms with Crippen LogP contribution in [0.1, 0.15) is 32.6 Å². The van der Waals surface area contributed by atoms with Gasteiger partial charge in [-0.2, -0.15) is 17.5 Å². The molecule has 0 aromatic heterocycles. The second kappa shape index (κ2) is 12.6. The number of nitrogens with zero attached hydrogens (tertiary/aromatic N) is 3. The fourth-order valence-electron chi connectivity index (χ4n) is 3.70. The van der Waals surface area contributed by atoms with E-state index in [1.165, 1.54) is 0 Å². The van der Waals surface area contributed by atoms with E-state index in [1.807, 2.05) is 6.92 Å². The van der Waals surface area contributed by atoms with E-state index in [9.17, 15) is 21.6 Å². The summed E-state index contributed by atoms with van der Waals surface area (Å²) in [5.41, 5.74) is -5.25. The number of hydrogen-bond donors (Lipinski definition) is 2. The van der Waals surface area contributed by atoms with Gasteiger partial charge >= 0.3 is 15.5 Å². The maximum atomic E-state index is 12.7. The standard InChI is InChI=1S/C17H32F3N5O3S.HI/c1-3-21-16(22-13-15-5-4-8-24(15)11-12-28-2)23-14-6-9-25(10-7-14)29(26,27)17(18,19)20;/h14-15H,3-13H2,1-2H3,(H2,21,22,23);1H. The van der Waals surface area contributed by atoms with Crippen LogP contribution in [-0.4, -0.2) is 94.2 Å². The summed E-state index contributed by atoms with van der Waals surface area (Å²) < 4.78 is 66.8. The second-order valence-electron chi connectivity index (χ2n) is 7.31. The van der Waals surface area contributed by atoms with Crippen molar-refractivity contribution >= 4 is 40.0 Å². The van der Waals surface area contributed by atoms with Crippen LogP contribution >= 0.6 is 24.0 Å². The first-order valence-corrected chi connectivity index (χ1v) is 11.5. The number of halogens is 4. The van der Waals surface area contributed by atoms with Crippen LogP contribution < -0.4 is 10.6 Å². The maximum Gasteiger partial charge on any atom is 0.511 e. The van der Waals surface area contributed by atoms with Crippen LogP contribution in [0.4, 0.5) is 13.2 Å². The Morgan fingerprint density at radius 1 is 1.20 bits per heavy atom. The Labute approximate surface area is 194 Å². The van der Waals surface area contributed by atoms with E-state index < -0.39 is 15.5 Å². The zero-order valence-corrected chi connectivity index (χ0v) is 20.6. The Morgan fingerprint density at radius 2 is 1.87 bits per heavy atom. The normalized spacial score (nSPS) is 22.7. The molecule has 2 N–H and O–H groups in total. The zero-order chi connectivity index (χ0) is 21.5. The van der Waals surface area contributed by atoms with Gasteiger partial charge in [0.15, 0.2) is 5.96 Å². The van der Waals surface area contributed by atoms with Crippen LogP contribution in [0.5, 0.6) is 0 Å². The second-order valence-corrected chi connectivity index (χ2v) is 9.24. The van der Waals surface area contributed by atoms with Crippen LogP contribution in [0.15, 0.2) is 4.99 Å². The number of ether oxygens (including phenoxy) is 1. The van der Waals surface area contributed by atoms with Crippen molar-refractivity contribution in [2.75, 3.05) is 53.0 Å². The number of rotatable bonds is 8. The van der Waals surface area contributed by atoms with Gasteiger partial charge in [0, 0.05) is 45.4 Å². The molecule has 13 heteroatoms. The summed E-state index contributed by atoms with van der Waals surface area (Å²) in [6, 6.07) is 0.222. The van der Waals surface area contributed by atoms with Crippen LogP contribution in [0.3, 0.4) is 0 Å². The highest BCUT2D eigenvalue weighted by Gasteiger charge is 2.50. The highest BCUT2D eigenvalue weighted by atomic mass is 127. The Hall–Kier alpha value is -0.380. The quantitative estimate of drug-likeness (QED) is 0.262. The number of likely N-dealkylation sites (tertiary alicyclic amines) is 1. The number of methoxy groups -OCH3 is 1. The predicted molar refractivity (Wildman–Crippen MR) is 121 cm³/mol. The molecule has 0 aromatic carbocycles. The number of sulfonamides is 1. The fourth-order valence-corrected chi connectivity index (χ4v) is 4.69. The van der Waals surface area contributed by atoms with Gasteiger partial charge in [0.25, 0.3) is 0 Å². The summed E-state index contributed by atoms with van der Waals surface area (Å²) >= 11 is 0. The van der Waals surface area contributed by atoms with Crippen molar-refractivity contribution in [1.29, 1.82) is 0 Å². The molecule has 30 heavy (non-hydrogen) atoms. The summed E-state index contributed by atoms with van der Waals surface area (Å²) in [6.07, 6.45) is 2.78. The van der Waals surface area contributed by atoms with Gasteiger partial charge in [-0.05, 0) is 39.2 Å². The van der Waals surface area contributed by atoms with E-state index in [2.05, 4.69) is 20.5 Å². The molecule has 1 atom stereocenters. The van der Waals surface area contributed by atoms with Crippen molar-refractivity contribution in [3.05, 3.63) is 0 Å². The minimum atomic E-state index is -5.25. The molecule has 0 bridgehead atoms. The molecule has 0 amide bonds.